The van der Waals surface area contributed by atoms with E-state index in [2.05, 4.69) is 5.10 Å². The highest BCUT2D eigenvalue weighted by atomic mass is 32.2. The maximum Gasteiger partial charge on any atom is 0.0646 e. The van der Waals surface area contributed by atoms with Crippen LogP contribution in [-0.4, -0.2) is 20.2 Å². The van der Waals surface area contributed by atoms with Crippen LogP contribution in [0.15, 0.2) is 47.6 Å². The summed E-state index contributed by atoms with van der Waals surface area (Å²) in [5.74, 6) is 0. The van der Waals surface area contributed by atoms with Crippen LogP contribution in [0.5, 0.6) is 0 Å². The first-order valence-electron chi connectivity index (χ1n) is 4.21. The van der Waals surface area contributed by atoms with Crippen LogP contribution in [0.2, 0.25) is 0 Å². The van der Waals surface area contributed by atoms with Crippen molar-refractivity contribution in [3.05, 3.63) is 42.7 Å². The van der Waals surface area contributed by atoms with E-state index in [4.69, 9.17) is 0 Å². The van der Waals surface area contributed by atoms with Gasteiger partial charge in [0.1, 0.15) is 0 Å². The van der Waals surface area contributed by atoms with Gasteiger partial charge in [-0.2, -0.15) is 5.10 Å². The third-order valence-electron chi connectivity index (χ3n) is 1.94. The molecular formula is C10H10N2OS. The fraction of sp³-hybridized carbons (Fsp3) is 0.100. The molecule has 0 aliphatic rings. The second-order valence-corrected chi connectivity index (χ2v) is 4.28. The average Bonchev–Trinajstić information content (AvgIpc) is 2.71. The van der Waals surface area contributed by atoms with Crippen LogP contribution in [0.1, 0.15) is 0 Å². The number of nitrogens with zero attached hydrogens (tertiary/aromatic N) is 2. The molecule has 0 radical (unpaired) electrons. The Labute approximate surface area is 84.8 Å². The van der Waals surface area contributed by atoms with Crippen LogP contribution in [0, 0.1) is 0 Å². The van der Waals surface area contributed by atoms with Gasteiger partial charge in [0.05, 0.1) is 5.69 Å². The second kappa shape index (κ2) is 3.75. The standard InChI is InChI=1S/C10H10N2OS/c1-14(13)10-5-3-9(4-6-10)12-8-2-7-11-12/h2-8H,1H3. The Kier molecular flexibility index (Phi) is 2.45. The van der Waals surface area contributed by atoms with Crippen molar-refractivity contribution in [2.24, 2.45) is 0 Å². The monoisotopic (exact) mass is 206 g/mol. The molecule has 0 aliphatic heterocycles. The third kappa shape index (κ3) is 1.75. The molecule has 0 aliphatic carbocycles. The molecule has 72 valence electrons. The molecule has 0 saturated carbocycles. The lowest BCUT2D eigenvalue weighted by Crippen LogP contribution is -1.94. The summed E-state index contributed by atoms with van der Waals surface area (Å²) in [6, 6.07) is 9.39. The van der Waals surface area contributed by atoms with E-state index in [-0.39, 0.29) is 0 Å². The van der Waals surface area contributed by atoms with E-state index in [0.717, 1.165) is 10.6 Å². The maximum absolute atomic E-state index is 11.1. The largest absolute Gasteiger partial charge is 0.255 e. The molecule has 2 aromatic rings. The fourth-order valence-electron chi connectivity index (χ4n) is 1.21. The first-order valence-corrected chi connectivity index (χ1v) is 5.77. The Morgan fingerprint density at radius 1 is 1.29 bits per heavy atom. The molecule has 2 rings (SSSR count). The molecule has 0 bridgehead atoms. The van der Waals surface area contributed by atoms with Crippen LogP contribution in [0.3, 0.4) is 0 Å². The summed E-state index contributed by atoms with van der Waals surface area (Å²) in [4.78, 5) is 0.834. The van der Waals surface area contributed by atoms with Crippen LogP contribution in [0.25, 0.3) is 5.69 Å². The Hall–Kier alpha value is -1.42. The summed E-state index contributed by atoms with van der Waals surface area (Å²) in [5.41, 5.74) is 0.976. The molecule has 1 heterocycles. The van der Waals surface area contributed by atoms with Gasteiger partial charge in [-0.25, -0.2) is 4.68 Å². The molecule has 0 saturated heterocycles. The minimum atomic E-state index is -0.914. The highest BCUT2D eigenvalue weighted by Crippen LogP contribution is 2.10. The smallest absolute Gasteiger partial charge is 0.0646 e. The molecule has 0 N–H and O–H groups in total. The quantitative estimate of drug-likeness (QED) is 0.748. The van der Waals surface area contributed by atoms with Crippen LogP contribution in [0.4, 0.5) is 0 Å². The first-order chi connectivity index (χ1) is 6.77. The molecule has 0 spiro atoms. The van der Waals surface area contributed by atoms with Gasteiger partial charge in [0.15, 0.2) is 0 Å². The molecular weight excluding hydrogens is 196 g/mol. The lowest BCUT2D eigenvalue weighted by atomic mass is 10.3. The van der Waals surface area contributed by atoms with Crippen molar-refractivity contribution < 1.29 is 4.21 Å². The van der Waals surface area contributed by atoms with E-state index in [1.165, 1.54) is 0 Å². The maximum atomic E-state index is 11.1. The molecule has 1 aromatic carbocycles. The van der Waals surface area contributed by atoms with Crippen molar-refractivity contribution >= 4 is 10.8 Å². The van der Waals surface area contributed by atoms with E-state index in [1.54, 1.807) is 17.1 Å². The lowest BCUT2D eigenvalue weighted by Gasteiger charge is -2.01. The Morgan fingerprint density at radius 2 is 2.00 bits per heavy atom. The summed E-state index contributed by atoms with van der Waals surface area (Å²) < 4.78 is 12.9. The number of rotatable bonds is 2. The Bertz CT molecular complexity index is 434. The molecule has 1 aromatic heterocycles. The van der Waals surface area contributed by atoms with Gasteiger partial charge in [0, 0.05) is 34.3 Å². The van der Waals surface area contributed by atoms with E-state index < -0.39 is 10.8 Å². The summed E-state index contributed by atoms with van der Waals surface area (Å²) in [7, 11) is -0.914. The topological polar surface area (TPSA) is 34.9 Å². The van der Waals surface area contributed by atoms with Gasteiger partial charge in [-0.1, -0.05) is 0 Å². The van der Waals surface area contributed by atoms with Gasteiger partial charge in [-0.3, -0.25) is 4.21 Å². The van der Waals surface area contributed by atoms with E-state index in [0.29, 0.717) is 0 Å². The Morgan fingerprint density at radius 3 is 2.50 bits per heavy atom. The van der Waals surface area contributed by atoms with Crippen molar-refractivity contribution in [3.8, 4) is 5.69 Å². The minimum Gasteiger partial charge on any atom is -0.255 e. The molecule has 1 atom stereocenters. The number of hydrogen-bond donors (Lipinski definition) is 0. The predicted molar refractivity (Wildman–Crippen MR) is 55.9 cm³/mol. The zero-order chi connectivity index (χ0) is 9.97. The zero-order valence-corrected chi connectivity index (χ0v) is 8.57. The average molecular weight is 206 g/mol. The van der Waals surface area contributed by atoms with E-state index in [9.17, 15) is 4.21 Å². The third-order valence-corrected chi connectivity index (χ3v) is 2.87. The summed E-state index contributed by atoms with van der Waals surface area (Å²) in [6.07, 6.45) is 5.27. The zero-order valence-electron chi connectivity index (χ0n) is 7.75. The van der Waals surface area contributed by atoms with Crippen LogP contribution >= 0.6 is 0 Å². The van der Waals surface area contributed by atoms with Crippen molar-refractivity contribution in [1.29, 1.82) is 0 Å². The molecule has 0 amide bonds. The minimum absolute atomic E-state index is 0.834. The van der Waals surface area contributed by atoms with Crippen molar-refractivity contribution in [3.63, 3.8) is 0 Å². The lowest BCUT2D eigenvalue weighted by molar-refractivity contribution is 0.687. The van der Waals surface area contributed by atoms with Crippen molar-refractivity contribution in [1.82, 2.24) is 9.78 Å². The Balaban J connectivity index is 2.36. The summed E-state index contributed by atoms with van der Waals surface area (Å²) in [5, 5.41) is 4.10. The van der Waals surface area contributed by atoms with Crippen LogP contribution in [-0.2, 0) is 10.8 Å². The van der Waals surface area contributed by atoms with Gasteiger partial charge in [0.25, 0.3) is 0 Å². The highest BCUT2D eigenvalue weighted by Gasteiger charge is 1.98. The second-order valence-electron chi connectivity index (χ2n) is 2.90. The SMILES string of the molecule is CS(=O)c1ccc(-n2cccn2)cc1. The highest BCUT2D eigenvalue weighted by molar-refractivity contribution is 7.84. The summed E-state index contributed by atoms with van der Waals surface area (Å²) >= 11 is 0. The van der Waals surface area contributed by atoms with Crippen molar-refractivity contribution in [2.75, 3.05) is 6.26 Å². The normalized spacial score (nSPS) is 12.6. The van der Waals surface area contributed by atoms with E-state index in [1.807, 2.05) is 36.5 Å². The summed E-state index contributed by atoms with van der Waals surface area (Å²) in [6.45, 7) is 0. The fourth-order valence-corrected chi connectivity index (χ4v) is 1.73. The molecule has 14 heavy (non-hydrogen) atoms. The van der Waals surface area contributed by atoms with Crippen LogP contribution < -0.4 is 0 Å². The molecule has 1 unspecified atom stereocenters. The van der Waals surface area contributed by atoms with Gasteiger partial charge in [0.2, 0.25) is 0 Å². The number of hydrogen-bond acceptors (Lipinski definition) is 2. The van der Waals surface area contributed by atoms with Gasteiger partial charge in [-0.15, -0.1) is 0 Å². The number of aromatic nitrogens is 2. The van der Waals surface area contributed by atoms with Gasteiger partial charge < -0.3 is 0 Å². The number of benzene rings is 1. The predicted octanol–water partition coefficient (Wildman–Crippen LogP) is 1.61. The molecule has 0 fully saturated rings. The van der Waals surface area contributed by atoms with Gasteiger partial charge in [-0.05, 0) is 30.3 Å². The van der Waals surface area contributed by atoms with Crippen molar-refractivity contribution in [2.45, 2.75) is 4.90 Å². The molecule has 3 nitrogen and oxygen atoms in total. The van der Waals surface area contributed by atoms with Gasteiger partial charge >= 0.3 is 0 Å². The molecule has 4 heteroatoms. The van der Waals surface area contributed by atoms with E-state index >= 15 is 0 Å². The first kappa shape index (κ1) is 9.15.